The third-order valence-corrected chi connectivity index (χ3v) is 2.20. The van der Waals surface area contributed by atoms with Gasteiger partial charge in [-0.3, -0.25) is 0 Å². The van der Waals surface area contributed by atoms with E-state index in [1.165, 1.54) is 0 Å². The smallest absolute Gasteiger partial charge is 0.379 e. The standard InChI is InChI=1S/C6H11FO8/c7-6(14)5(12,13)4(10,11)3(9)2(1-8)15-6/h2-3,8-14H,1H2/t2-,3+,6+/m1/s1. The SMILES string of the molecule is OC[C@H]1O[C@](O)(F)C(O)(O)C(O)(O)[C@H]1O. The molecule has 1 aliphatic heterocycles. The van der Waals surface area contributed by atoms with Gasteiger partial charge in [-0.05, 0) is 0 Å². The van der Waals surface area contributed by atoms with Crippen LogP contribution in [0.1, 0.15) is 0 Å². The molecule has 0 aliphatic carbocycles. The molecule has 1 fully saturated rings. The van der Waals surface area contributed by atoms with Gasteiger partial charge >= 0.3 is 11.8 Å². The monoisotopic (exact) mass is 230 g/mol. The van der Waals surface area contributed by atoms with E-state index in [9.17, 15) is 4.39 Å². The summed E-state index contributed by atoms with van der Waals surface area (Å²) in [7, 11) is 0. The van der Waals surface area contributed by atoms with Crippen LogP contribution in [0.4, 0.5) is 4.39 Å². The topological polar surface area (TPSA) is 151 Å². The molecule has 8 nitrogen and oxygen atoms in total. The van der Waals surface area contributed by atoms with Crippen molar-refractivity contribution in [3.05, 3.63) is 0 Å². The lowest BCUT2D eigenvalue weighted by Crippen LogP contribution is -2.78. The quantitative estimate of drug-likeness (QED) is 0.223. The lowest BCUT2D eigenvalue weighted by molar-refractivity contribution is -0.545. The molecule has 3 atom stereocenters. The maximum absolute atomic E-state index is 13.0. The maximum atomic E-state index is 13.0. The highest BCUT2D eigenvalue weighted by Crippen LogP contribution is 2.40. The fourth-order valence-electron chi connectivity index (χ4n) is 1.18. The van der Waals surface area contributed by atoms with Gasteiger partial charge in [0.2, 0.25) is 0 Å². The molecule has 0 saturated carbocycles. The number of aliphatic hydroxyl groups is 7. The highest BCUT2D eigenvalue weighted by Gasteiger charge is 2.73. The van der Waals surface area contributed by atoms with Gasteiger partial charge in [-0.1, -0.05) is 0 Å². The van der Waals surface area contributed by atoms with Crippen molar-refractivity contribution in [3.8, 4) is 0 Å². The fraction of sp³-hybridized carbons (Fsp3) is 1.00. The number of ether oxygens (including phenoxy) is 1. The average molecular weight is 230 g/mol. The van der Waals surface area contributed by atoms with Gasteiger partial charge in [0, 0.05) is 0 Å². The summed E-state index contributed by atoms with van der Waals surface area (Å²) in [5, 5.41) is 62.2. The zero-order valence-electron chi connectivity index (χ0n) is 7.28. The summed E-state index contributed by atoms with van der Waals surface area (Å²) in [4.78, 5) is 0. The second kappa shape index (κ2) is 3.30. The van der Waals surface area contributed by atoms with Gasteiger partial charge in [0.05, 0.1) is 6.61 Å². The predicted octanol–water partition coefficient (Wildman–Crippen LogP) is -4.28. The van der Waals surface area contributed by atoms with Gasteiger partial charge in [0.15, 0.2) is 0 Å². The van der Waals surface area contributed by atoms with Gasteiger partial charge in [0.1, 0.15) is 12.2 Å². The third-order valence-electron chi connectivity index (χ3n) is 2.20. The van der Waals surface area contributed by atoms with Gasteiger partial charge in [-0.25, -0.2) is 0 Å². The molecular formula is C6H11FO8. The minimum Gasteiger partial charge on any atom is -0.394 e. The molecule has 0 bridgehead atoms. The van der Waals surface area contributed by atoms with Crippen LogP contribution in [0.15, 0.2) is 0 Å². The first-order valence-corrected chi connectivity index (χ1v) is 3.85. The van der Waals surface area contributed by atoms with E-state index in [-0.39, 0.29) is 0 Å². The first-order chi connectivity index (χ1) is 6.58. The van der Waals surface area contributed by atoms with Crippen LogP contribution in [-0.2, 0) is 4.74 Å². The molecule has 0 radical (unpaired) electrons. The Morgan fingerprint density at radius 2 is 1.60 bits per heavy atom. The number of halogens is 1. The molecule has 0 spiro atoms. The minimum atomic E-state index is -4.25. The predicted molar refractivity (Wildman–Crippen MR) is 38.4 cm³/mol. The molecule has 0 aromatic carbocycles. The van der Waals surface area contributed by atoms with Crippen molar-refractivity contribution in [2.24, 2.45) is 0 Å². The Bertz CT molecular complexity index is 252. The van der Waals surface area contributed by atoms with E-state index in [1.54, 1.807) is 0 Å². The first kappa shape index (κ1) is 12.7. The summed E-state index contributed by atoms with van der Waals surface area (Å²) in [5.74, 6) is -7.97. The second-order valence-electron chi connectivity index (χ2n) is 3.24. The normalized spacial score (nSPS) is 44.0. The van der Waals surface area contributed by atoms with Gasteiger partial charge in [-0.15, -0.1) is 0 Å². The number of alkyl halides is 1. The van der Waals surface area contributed by atoms with E-state index in [0.29, 0.717) is 0 Å². The molecule has 0 unspecified atom stereocenters. The minimum absolute atomic E-state index is 1.08. The van der Waals surface area contributed by atoms with Crippen molar-refractivity contribution < 1.29 is 44.9 Å². The van der Waals surface area contributed by atoms with Crippen LogP contribution in [0.25, 0.3) is 0 Å². The highest BCUT2D eigenvalue weighted by molar-refractivity contribution is 5.01. The van der Waals surface area contributed by atoms with Crippen molar-refractivity contribution in [2.45, 2.75) is 29.8 Å². The second-order valence-corrected chi connectivity index (χ2v) is 3.24. The molecule has 1 aliphatic rings. The summed E-state index contributed by atoms with van der Waals surface area (Å²) in [5.41, 5.74) is 0. The van der Waals surface area contributed by atoms with Crippen molar-refractivity contribution in [3.63, 3.8) is 0 Å². The number of rotatable bonds is 1. The molecule has 1 heterocycles. The maximum Gasteiger partial charge on any atom is 0.379 e. The van der Waals surface area contributed by atoms with Crippen LogP contribution >= 0.6 is 0 Å². The van der Waals surface area contributed by atoms with E-state index in [2.05, 4.69) is 4.74 Å². The molecule has 0 amide bonds. The molecule has 0 aromatic heterocycles. The number of aliphatic hydroxyl groups excluding tert-OH is 2. The Balaban J connectivity index is 3.14. The summed E-state index contributed by atoms with van der Waals surface area (Å²) in [6.07, 6.45) is -4.35. The molecule has 1 rings (SSSR count). The summed E-state index contributed by atoms with van der Waals surface area (Å²) < 4.78 is 16.9. The van der Waals surface area contributed by atoms with Crippen molar-refractivity contribution >= 4 is 0 Å². The lowest BCUT2D eigenvalue weighted by atomic mass is 9.91. The molecule has 90 valence electrons. The van der Waals surface area contributed by atoms with Crippen molar-refractivity contribution in [2.75, 3.05) is 6.61 Å². The van der Waals surface area contributed by atoms with Crippen LogP contribution in [-0.4, -0.2) is 72.2 Å². The van der Waals surface area contributed by atoms with Gasteiger partial charge in [-0.2, -0.15) is 4.39 Å². The van der Waals surface area contributed by atoms with Crippen LogP contribution in [0, 0.1) is 0 Å². The number of hydrogen-bond donors (Lipinski definition) is 7. The summed E-state index contributed by atoms with van der Waals surface area (Å²) in [6, 6.07) is -4.25. The molecule has 0 aromatic rings. The van der Waals surface area contributed by atoms with Crippen LogP contribution in [0.3, 0.4) is 0 Å². The van der Waals surface area contributed by atoms with E-state index < -0.39 is 36.4 Å². The van der Waals surface area contributed by atoms with Crippen LogP contribution in [0.5, 0.6) is 0 Å². The summed E-state index contributed by atoms with van der Waals surface area (Å²) >= 11 is 0. The highest BCUT2D eigenvalue weighted by atomic mass is 19.2. The van der Waals surface area contributed by atoms with Crippen molar-refractivity contribution in [1.82, 2.24) is 0 Å². The Morgan fingerprint density at radius 3 is 2.00 bits per heavy atom. The largest absolute Gasteiger partial charge is 0.394 e. The molecule has 9 heteroatoms. The van der Waals surface area contributed by atoms with Gasteiger partial charge in [0.25, 0.3) is 5.79 Å². The zero-order valence-corrected chi connectivity index (χ0v) is 7.28. The number of hydrogen-bond acceptors (Lipinski definition) is 8. The zero-order chi connectivity index (χ0) is 12.1. The molecule has 7 N–H and O–H groups in total. The van der Waals surface area contributed by atoms with E-state index in [1.807, 2.05) is 0 Å². The Kier molecular flexibility index (Phi) is 2.79. The van der Waals surface area contributed by atoms with Gasteiger partial charge < -0.3 is 40.5 Å². The average Bonchev–Trinajstić information content (AvgIpc) is 2.10. The fourth-order valence-corrected chi connectivity index (χ4v) is 1.18. The Morgan fingerprint density at radius 1 is 1.13 bits per heavy atom. The van der Waals surface area contributed by atoms with Crippen molar-refractivity contribution in [1.29, 1.82) is 0 Å². The molecule has 15 heavy (non-hydrogen) atoms. The Labute approximate surface area is 82.4 Å². The third kappa shape index (κ3) is 1.53. The summed E-state index contributed by atoms with van der Waals surface area (Å²) in [6.45, 7) is -1.08. The molecular weight excluding hydrogens is 219 g/mol. The molecule has 1 saturated heterocycles. The van der Waals surface area contributed by atoms with E-state index in [4.69, 9.17) is 35.7 Å². The first-order valence-electron chi connectivity index (χ1n) is 3.85. The van der Waals surface area contributed by atoms with Crippen LogP contribution in [0.2, 0.25) is 0 Å². The Hall–Kier alpha value is -0.390. The lowest BCUT2D eigenvalue weighted by Gasteiger charge is -2.49. The van der Waals surface area contributed by atoms with Crippen LogP contribution < -0.4 is 0 Å². The van der Waals surface area contributed by atoms with E-state index >= 15 is 0 Å². The van der Waals surface area contributed by atoms with E-state index in [0.717, 1.165) is 0 Å².